The van der Waals surface area contributed by atoms with Gasteiger partial charge >= 0.3 is 228 Å². The molecule has 0 spiro atoms. The number of nitrogens with zero attached hydrogens (tertiary/aromatic N) is 1. The molecule has 0 aliphatic rings. The number of fused-ring (bicyclic) bond motifs is 3. The molecule has 1 nitrogen and oxygen atoms in total. The fourth-order valence-electron chi connectivity index (χ4n) is 5.43. The van der Waals surface area contributed by atoms with Gasteiger partial charge in [-0.1, -0.05) is 13.8 Å². The first-order valence-electron chi connectivity index (χ1n) is 15.2. The van der Waals surface area contributed by atoms with Crippen molar-refractivity contribution in [1.29, 1.82) is 0 Å². The number of rotatable bonds is 17. The van der Waals surface area contributed by atoms with Crippen LogP contribution in [0.25, 0.3) is 20.4 Å². The van der Waals surface area contributed by atoms with Gasteiger partial charge in [-0.15, -0.1) is 0 Å². The molecule has 0 aliphatic heterocycles. The molecule has 0 radical (unpaired) electrons. The number of hydrogen-bond acceptors (Lipinski definition) is 2. The molecule has 0 N–H and O–H groups in total. The number of thiophene rings is 2. The van der Waals surface area contributed by atoms with E-state index in [9.17, 15) is 0 Å². The SMILES string of the molecule is CCCCCCCCC(CCCCCCCC)n1c2c[c]([Sn]([CH3])([CH3])[CH3])sc2c2s[c]([Sn]([CH3])([CH3])[CH3])cc21. The van der Waals surface area contributed by atoms with E-state index >= 15 is 0 Å². The van der Waals surface area contributed by atoms with Crippen LogP contribution in [0.3, 0.4) is 0 Å². The molecule has 0 unspecified atom stereocenters. The topological polar surface area (TPSA) is 4.93 Å². The molecule has 3 aromatic heterocycles. The van der Waals surface area contributed by atoms with Crippen LogP contribution in [-0.4, -0.2) is 41.3 Å². The molecule has 0 bridgehead atoms. The molecular weight excluding hydrogens is 688 g/mol. The number of unbranched alkanes of at least 4 members (excludes halogenated alkanes) is 10. The fraction of sp³-hybridized carbons (Fsp3) is 0.742. The van der Waals surface area contributed by atoms with Crippen LogP contribution in [0.5, 0.6) is 0 Å². The summed E-state index contributed by atoms with van der Waals surface area (Å²) in [6, 6.07) is 6.01. The Morgan fingerprint density at radius 1 is 0.583 bits per heavy atom. The zero-order chi connectivity index (χ0) is 26.3. The molecule has 0 atom stereocenters. The third kappa shape index (κ3) is 8.40. The summed E-state index contributed by atoms with van der Waals surface area (Å²) in [6.07, 6.45) is 19.6. The minimum absolute atomic E-state index is 0.678. The first-order valence-corrected chi connectivity index (χ1v) is 36.8. The van der Waals surface area contributed by atoms with Gasteiger partial charge in [0.15, 0.2) is 0 Å². The second-order valence-corrected chi connectivity index (χ2v) is 46.2. The Bertz CT molecular complexity index is 979. The van der Waals surface area contributed by atoms with Gasteiger partial charge in [-0.3, -0.25) is 0 Å². The van der Waals surface area contributed by atoms with Crippen molar-refractivity contribution in [1.82, 2.24) is 4.57 Å². The van der Waals surface area contributed by atoms with Crippen LogP contribution >= 0.6 is 22.7 Å². The molecule has 3 heterocycles. The van der Waals surface area contributed by atoms with Crippen LogP contribution in [0, 0.1) is 0 Å². The number of aromatic nitrogens is 1. The van der Waals surface area contributed by atoms with Crippen molar-refractivity contribution in [3.63, 3.8) is 0 Å². The molecule has 3 aromatic rings. The van der Waals surface area contributed by atoms with Crippen molar-refractivity contribution >= 4 is 85.6 Å². The van der Waals surface area contributed by atoms with Crippen LogP contribution in [0.4, 0.5) is 0 Å². The standard InChI is InChI=1S/C25H37NS2.6CH3.2Sn/c1-3-5-7-9-11-13-15-21(16-14-12-10-8-6-4-2)26-22-17-19-27-24(22)25-23(26)18-20-28-25;;;;;;;;/h17-18,21H,3-16H2,1-2H3;6*1H3;;. The van der Waals surface area contributed by atoms with E-state index in [1.807, 2.05) is 0 Å². The Balaban J connectivity index is 1.94. The molecule has 0 aliphatic carbocycles. The van der Waals surface area contributed by atoms with Gasteiger partial charge in [0.25, 0.3) is 0 Å². The van der Waals surface area contributed by atoms with E-state index in [-0.39, 0.29) is 0 Å². The molecule has 36 heavy (non-hydrogen) atoms. The maximum absolute atomic E-state index is 2.89. The minimum atomic E-state index is -2.11. The Hall–Kier alpha value is 0.797. The summed E-state index contributed by atoms with van der Waals surface area (Å²) in [5, 5.41) is 0. The maximum atomic E-state index is 2.89. The predicted molar refractivity (Wildman–Crippen MR) is 176 cm³/mol. The summed E-state index contributed by atoms with van der Waals surface area (Å²) in [4.78, 5) is 15.6. The van der Waals surface area contributed by atoms with Gasteiger partial charge in [0.1, 0.15) is 0 Å². The molecule has 0 fully saturated rings. The van der Waals surface area contributed by atoms with E-state index in [0.29, 0.717) is 6.04 Å². The van der Waals surface area contributed by atoms with Gasteiger partial charge in [-0.25, -0.2) is 0 Å². The molecule has 0 saturated heterocycles. The molecule has 3 rings (SSSR count). The monoisotopic (exact) mass is 745 g/mol. The third-order valence-electron chi connectivity index (χ3n) is 7.78. The summed E-state index contributed by atoms with van der Waals surface area (Å²) in [6.45, 7) is 4.65. The van der Waals surface area contributed by atoms with Crippen LogP contribution < -0.4 is 5.79 Å². The molecule has 0 aromatic carbocycles. The van der Waals surface area contributed by atoms with Crippen molar-refractivity contribution < 1.29 is 0 Å². The van der Waals surface area contributed by atoms with E-state index in [1.54, 1.807) is 26.2 Å². The Labute approximate surface area is 239 Å². The van der Waals surface area contributed by atoms with Gasteiger partial charge in [-0.2, -0.15) is 0 Å². The average molecular weight is 743 g/mol. The summed E-state index contributed by atoms with van der Waals surface area (Å²) >= 11 is 0.136. The second-order valence-electron chi connectivity index (χ2n) is 13.3. The fourth-order valence-corrected chi connectivity index (χ4v) is 18.2. The molecule has 0 saturated carbocycles. The predicted octanol–water partition coefficient (Wildman–Crippen LogP) is 11.1. The van der Waals surface area contributed by atoms with Crippen LogP contribution in [-0.2, 0) is 0 Å². The number of hydrogen-bond donors (Lipinski definition) is 0. The second kappa shape index (κ2) is 14.4. The zero-order valence-electron chi connectivity index (χ0n) is 24.9. The molecule has 0 amide bonds. The van der Waals surface area contributed by atoms with Crippen molar-refractivity contribution in [2.75, 3.05) is 0 Å². The average Bonchev–Trinajstić information content (AvgIpc) is 3.48. The van der Waals surface area contributed by atoms with E-state index in [4.69, 9.17) is 0 Å². The van der Waals surface area contributed by atoms with Crippen molar-refractivity contribution in [3.05, 3.63) is 12.1 Å². The van der Waals surface area contributed by atoms with E-state index < -0.39 is 36.8 Å². The zero-order valence-corrected chi connectivity index (χ0v) is 32.2. The van der Waals surface area contributed by atoms with Gasteiger partial charge < -0.3 is 0 Å². The first-order chi connectivity index (χ1) is 17.1. The van der Waals surface area contributed by atoms with Gasteiger partial charge in [-0.05, 0) is 0 Å². The van der Waals surface area contributed by atoms with Crippen LogP contribution in [0.2, 0.25) is 29.6 Å². The van der Waals surface area contributed by atoms with Gasteiger partial charge in [0.05, 0.1) is 0 Å². The van der Waals surface area contributed by atoms with E-state index in [2.05, 4.69) is 82.9 Å². The van der Waals surface area contributed by atoms with Crippen molar-refractivity contribution in [2.24, 2.45) is 0 Å². The summed E-state index contributed by atoms with van der Waals surface area (Å²) < 4.78 is 9.68. The Morgan fingerprint density at radius 2 is 0.944 bits per heavy atom. The summed E-state index contributed by atoms with van der Waals surface area (Å²) in [5.41, 5.74) is 3.20. The van der Waals surface area contributed by atoms with Gasteiger partial charge in [0.2, 0.25) is 0 Å². The van der Waals surface area contributed by atoms with Crippen LogP contribution in [0.1, 0.15) is 110 Å². The quantitative estimate of drug-likeness (QED) is 0.0959. The van der Waals surface area contributed by atoms with Gasteiger partial charge in [0, 0.05) is 0 Å². The third-order valence-corrected chi connectivity index (χ3v) is 29.0. The van der Waals surface area contributed by atoms with Crippen molar-refractivity contribution in [2.45, 2.75) is 139 Å². The first kappa shape index (κ1) is 31.3. The Morgan fingerprint density at radius 3 is 1.31 bits per heavy atom. The summed E-state index contributed by atoms with van der Waals surface area (Å²) in [7, 11) is 0. The molecular formula is C31H55NS2Sn2. The molecule has 204 valence electrons. The van der Waals surface area contributed by atoms with E-state index in [1.165, 1.54) is 89.9 Å². The van der Waals surface area contributed by atoms with Crippen molar-refractivity contribution in [3.8, 4) is 0 Å². The Kier molecular flexibility index (Phi) is 12.6. The molecule has 5 heteroatoms. The van der Waals surface area contributed by atoms with E-state index in [0.717, 1.165) is 0 Å². The summed E-state index contributed by atoms with van der Waals surface area (Å²) in [5.74, 6) is 0. The van der Waals surface area contributed by atoms with Crippen LogP contribution in [0.15, 0.2) is 12.1 Å². The normalized spacial score (nSPS) is 13.1.